The molecule has 0 aromatic heterocycles. The highest BCUT2D eigenvalue weighted by atomic mass is 16.4. The molecule has 0 aliphatic heterocycles. The molecule has 0 rings (SSSR count). The van der Waals surface area contributed by atoms with Gasteiger partial charge >= 0.3 is 5.97 Å². The molecule has 0 bridgehead atoms. The third-order valence-electron chi connectivity index (χ3n) is 1.98. The molecule has 0 saturated carbocycles. The molecule has 0 aromatic rings. The molecule has 0 aliphatic rings. The Morgan fingerprint density at radius 2 is 2.15 bits per heavy atom. The van der Waals surface area contributed by atoms with Gasteiger partial charge in [-0.15, -0.1) is 0 Å². The van der Waals surface area contributed by atoms with Crippen molar-refractivity contribution in [1.29, 1.82) is 0 Å². The van der Waals surface area contributed by atoms with Gasteiger partial charge in [0.25, 0.3) is 0 Å². The first kappa shape index (κ1) is 12.1. The Labute approximate surface area is 78.1 Å². The van der Waals surface area contributed by atoms with E-state index in [1.165, 1.54) is 0 Å². The fourth-order valence-electron chi connectivity index (χ4n) is 0.990. The molecule has 0 aliphatic carbocycles. The van der Waals surface area contributed by atoms with Crippen molar-refractivity contribution in [3.8, 4) is 0 Å². The predicted molar refractivity (Wildman–Crippen MR) is 50.2 cm³/mol. The van der Waals surface area contributed by atoms with Gasteiger partial charge in [-0.2, -0.15) is 0 Å². The fraction of sp³-hybridized carbons (Fsp3) is 0.667. The third kappa shape index (κ3) is 4.05. The standard InChI is InChI=1S/C9H17NO3/c1-3-4-5-6(2)8(11)7(10)9(12)13/h3-4,6-8,11H,5,10H2,1-2H3,(H,12,13)/b4-3+/t6?,7-,8?/m0/s1. The predicted octanol–water partition coefficient (Wildman–Crippen LogP) is 0.362. The second-order valence-electron chi connectivity index (χ2n) is 3.14. The number of nitrogens with two attached hydrogens (primary N) is 1. The Morgan fingerprint density at radius 3 is 2.54 bits per heavy atom. The smallest absolute Gasteiger partial charge is 0.323 e. The van der Waals surface area contributed by atoms with E-state index in [4.69, 9.17) is 10.8 Å². The number of allylic oxidation sites excluding steroid dienone is 2. The van der Waals surface area contributed by atoms with E-state index < -0.39 is 18.1 Å². The lowest BCUT2D eigenvalue weighted by Crippen LogP contribution is -2.45. The third-order valence-corrected chi connectivity index (χ3v) is 1.98. The number of hydrogen-bond donors (Lipinski definition) is 3. The van der Waals surface area contributed by atoms with Crippen LogP contribution in [0.3, 0.4) is 0 Å². The van der Waals surface area contributed by atoms with Crippen LogP contribution < -0.4 is 5.73 Å². The van der Waals surface area contributed by atoms with Gasteiger partial charge in [0.2, 0.25) is 0 Å². The molecular weight excluding hydrogens is 170 g/mol. The van der Waals surface area contributed by atoms with Gasteiger partial charge in [-0.3, -0.25) is 4.79 Å². The maximum Gasteiger partial charge on any atom is 0.323 e. The molecule has 2 unspecified atom stereocenters. The molecule has 4 nitrogen and oxygen atoms in total. The first-order chi connectivity index (χ1) is 6.00. The van der Waals surface area contributed by atoms with Crippen molar-refractivity contribution in [2.45, 2.75) is 32.4 Å². The second-order valence-corrected chi connectivity index (χ2v) is 3.14. The van der Waals surface area contributed by atoms with E-state index in [0.29, 0.717) is 6.42 Å². The highest BCUT2D eigenvalue weighted by molar-refractivity contribution is 5.73. The van der Waals surface area contributed by atoms with Gasteiger partial charge in [0, 0.05) is 0 Å². The summed E-state index contributed by atoms with van der Waals surface area (Å²) in [6.45, 7) is 3.64. The summed E-state index contributed by atoms with van der Waals surface area (Å²) in [7, 11) is 0. The van der Waals surface area contributed by atoms with E-state index in [2.05, 4.69) is 0 Å². The minimum absolute atomic E-state index is 0.137. The molecule has 4 N–H and O–H groups in total. The first-order valence-electron chi connectivity index (χ1n) is 4.28. The number of aliphatic hydroxyl groups is 1. The molecule has 0 saturated heterocycles. The number of carboxylic acid groups (broad SMARTS) is 1. The topological polar surface area (TPSA) is 83.5 Å². The zero-order valence-electron chi connectivity index (χ0n) is 7.97. The van der Waals surface area contributed by atoms with Gasteiger partial charge in [0.05, 0.1) is 6.10 Å². The molecule has 0 spiro atoms. The van der Waals surface area contributed by atoms with Gasteiger partial charge in [0.1, 0.15) is 6.04 Å². The van der Waals surface area contributed by atoms with E-state index in [-0.39, 0.29) is 5.92 Å². The second kappa shape index (κ2) is 5.72. The molecule has 76 valence electrons. The molecular formula is C9H17NO3. The van der Waals surface area contributed by atoms with E-state index in [0.717, 1.165) is 0 Å². The van der Waals surface area contributed by atoms with Crippen molar-refractivity contribution in [3.63, 3.8) is 0 Å². The van der Waals surface area contributed by atoms with Crippen molar-refractivity contribution < 1.29 is 15.0 Å². The van der Waals surface area contributed by atoms with Crippen molar-refractivity contribution in [2.24, 2.45) is 11.7 Å². The van der Waals surface area contributed by atoms with E-state index in [9.17, 15) is 9.90 Å². The quantitative estimate of drug-likeness (QED) is 0.543. The number of rotatable bonds is 5. The zero-order chi connectivity index (χ0) is 10.4. The van der Waals surface area contributed by atoms with Crippen molar-refractivity contribution >= 4 is 5.97 Å². The average Bonchev–Trinajstić information content (AvgIpc) is 2.11. The van der Waals surface area contributed by atoms with Crippen molar-refractivity contribution in [2.75, 3.05) is 0 Å². The van der Waals surface area contributed by atoms with Crippen LogP contribution in [0.25, 0.3) is 0 Å². The molecule has 0 aromatic carbocycles. The Morgan fingerprint density at radius 1 is 1.62 bits per heavy atom. The Hall–Kier alpha value is -0.870. The van der Waals surface area contributed by atoms with Crippen LogP contribution in [0.2, 0.25) is 0 Å². The van der Waals surface area contributed by atoms with Gasteiger partial charge in [-0.25, -0.2) is 0 Å². The van der Waals surface area contributed by atoms with Crippen LogP contribution >= 0.6 is 0 Å². The van der Waals surface area contributed by atoms with Crippen LogP contribution in [0.4, 0.5) is 0 Å². The molecule has 0 radical (unpaired) electrons. The zero-order valence-corrected chi connectivity index (χ0v) is 7.97. The van der Waals surface area contributed by atoms with E-state index >= 15 is 0 Å². The van der Waals surface area contributed by atoms with Crippen LogP contribution in [-0.2, 0) is 4.79 Å². The van der Waals surface area contributed by atoms with Crippen LogP contribution in [-0.4, -0.2) is 28.3 Å². The lowest BCUT2D eigenvalue weighted by atomic mass is 9.95. The minimum Gasteiger partial charge on any atom is -0.480 e. The largest absolute Gasteiger partial charge is 0.480 e. The summed E-state index contributed by atoms with van der Waals surface area (Å²) in [5.41, 5.74) is 5.26. The monoisotopic (exact) mass is 187 g/mol. The normalized spacial score (nSPS) is 18.5. The van der Waals surface area contributed by atoms with E-state index in [1.807, 2.05) is 19.1 Å². The van der Waals surface area contributed by atoms with Gasteiger partial charge in [-0.1, -0.05) is 19.1 Å². The molecule has 0 heterocycles. The minimum atomic E-state index is -1.19. The lowest BCUT2D eigenvalue weighted by molar-refractivity contribution is -0.142. The maximum atomic E-state index is 10.4. The molecule has 0 fully saturated rings. The number of aliphatic hydroxyl groups excluding tert-OH is 1. The van der Waals surface area contributed by atoms with Gasteiger partial charge in [-0.05, 0) is 19.3 Å². The number of carboxylic acids is 1. The summed E-state index contributed by atoms with van der Waals surface area (Å²) in [5, 5.41) is 18.0. The Kier molecular flexibility index (Phi) is 5.34. The summed E-state index contributed by atoms with van der Waals surface area (Å²) < 4.78 is 0. The van der Waals surface area contributed by atoms with Gasteiger partial charge in [0.15, 0.2) is 0 Å². The molecule has 3 atom stereocenters. The highest BCUT2D eigenvalue weighted by Gasteiger charge is 2.26. The maximum absolute atomic E-state index is 10.4. The summed E-state index contributed by atoms with van der Waals surface area (Å²) in [4.78, 5) is 10.4. The summed E-state index contributed by atoms with van der Waals surface area (Å²) in [6.07, 6.45) is 3.38. The SMILES string of the molecule is C/C=C/CC(C)C(O)[C@H](N)C(=O)O. The number of carbonyl (C=O) groups is 1. The molecule has 0 amide bonds. The highest BCUT2D eigenvalue weighted by Crippen LogP contribution is 2.11. The van der Waals surface area contributed by atoms with Crippen molar-refractivity contribution in [1.82, 2.24) is 0 Å². The number of hydrogen-bond acceptors (Lipinski definition) is 3. The summed E-state index contributed by atoms with van der Waals surface area (Å²) >= 11 is 0. The fourth-order valence-corrected chi connectivity index (χ4v) is 0.990. The average molecular weight is 187 g/mol. The van der Waals surface area contributed by atoms with Gasteiger partial charge < -0.3 is 15.9 Å². The Bertz CT molecular complexity index is 191. The molecule has 13 heavy (non-hydrogen) atoms. The van der Waals surface area contributed by atoms with Crippen LogP contribution in [0.1, 0.15) is 20.3 Å². The van der Waals surface area contributed by atoms with Crippen molar-refractivity contribution in [3.05, 3.63) is 12.2 Å². The Balaban J connectivity index is 4.08. The van der Waals surface area contributed by atoms with Crippen LogP contribution in [0, 0.1) is 5.92 Å². The first-order valence-corrected chi connectivity index (χ1v) is 4.28. The lowest BCUT2D eigenvalue weighted by Gasteiger charge is -2.20. The van der Waals surface area contributed by atoms with Crippen LogP contribution in [0.15, 0.2) is 12.2 Å². The van der Waals surface area contributed by atoms with E-state index in [1.54, 1.807) is 6.92 Å². The molecule has 4 heteroatoms. The summed E-state index contributed by atoms with van der Waals surface area (Å²) in [5.74, 6) is -1.30. The van der Waals surface area contributed by atoms with Crippen LogP contribution in [0.5, 0.6) is 0 Å². The number of aliphatic carboxylic acids is 1. The summed E-state index contributed by atoms with van der Waals surface area (Å²) in [6, 6.07) is -1.19.